The summed E-state index contributed by atoms with van der Waals surface area (Å²) in [7, 11) is 0. The largest absolute Gasteiger partial charge is 0.401 e. The lowest BCUT2D eigenvalue weighted by Crippen LogP contribution is -2.45. The first-order valence-corrected chi connectivity index (χ1v) is 7.47. The predicted molar refractivity (Wildman–Crippen MR) is 73.8 cm³/mol. The maximum atomic E-state index is 12.2. The Kier molecular flexibility index (Phi) is 7.84. The van der Waals surface area contributed by atoms with Gasteiger partial charge in [0.05, 0.1) is 6.54 Å². The van der Waals surface area contributed by atoms with E-state index in [2.05, 4.69) is 19.2 Å². The first-order chi connectivity index (χ1) is 9.37. The molecule has 1 aliphatic rings. The average molecular weight is 296 g/mol. The number of hydrogen-bond donors (Lipinski definition) is 1. The Bertz CT molecular complexity index is 251. The smallest absolute Gasteiger partial charge is 0.381 e. The third-order valence-corrected chi connectivity index (χ3v) is 3.34. The first-order valence-electron chi connectivity index (χ1n) is 7.47. The molecule has 120 valence electrons. The van der Waals surface area contributed by atoms with Crippen LogP contribution < -0.4 is 5.32 Å². The highest BCUT2D eigenvalue weighted by Crippen LogP contribution is 2.19. The van der Waals surface area contributed by atoms with E-state index in [4.69, 9.17) is 4.74 Å². The second-order valence-corrected chi connectivity index (χ2v) is 5.94. The number of hydrogen-bond acceptors (Lipinski definition) is 3. The van der Waals surface area contributed by atoms with Crippen molar-refractivity contribution in [3.8, 4) is 0 Å². The van der Waals surface area contributed by atoms with Gasteiger partial charge in [-0.05, 0) is 44.8 Å². The molecular weight excluding hydrogens is 269 g/mol. The van der Waals surface area contributed by atoms with Gasteiger partial charge in [-0.15, -0.1) is 0 Å². The number of alkyl halides is 3. The molecule has 20 heavy (non-hydrogen) atoms. The zero-order valence-corrected chi connectivity index (χ0v) is 12.5. The van der Waals surface area contributed by atoms with Gasteiger partial charge in [0, 0.05) is 19.3 Å². The van der Waals surface area contributed by atoms with Gasteiger partial charge in [-0.1, -0.05) is 13.8 Å². The highest BCUT2D eigenvalue weighted by atomic mass is 19.4. The molecule has 1 aliphatic heterocycles. The van der Waals surface area contributed by atoms with Crippen molar-refractivity contribution in [3.05, 3.63) is 0 Å². The van der Waals surface area contributed by atoms with Crippen molar-refractivity contribution in [3.63, 3.8) is 0 Å². The molecule has 1 saturated heterocycles. The molecule has 0 aliphatic carbocycles. The highest BCUT2D eigenvalue weighted by Gasteiger charge is 2.32. The number of piperidine rings is 1. The van der Waals surface area contributed by atoms with Crippen molar-refractivity contribution in [2.75, 3.05) is 39.4 Å². The molecule has 0 saturated carbocycles. The van der Waals surface area contributed by atoms with Gasteiger partial charge in [0.15, 0.2) is 0 Å². The van der Waals surface area contributed by atoms with Gasteiger partial charge in [0.2, 0.25) is 0 Å². The highest BCUT2D eigenvalue weighted by molar-refractivity contribution is 4.78. The molecule has 0 amide bonds. The normalized spacial score (nSPS) is 18.9. The second kappa shape index (κ2) is 8.85. The standard InChI is InChI=1S/C14H27F3N2O/c1-12(2)10-20-9-3-6-18-13-4-7-19(8-5-13)11-14(15,16)17/h12-13,18H,3-11H2,1-2H3. The summed E-state index contributed by atoms with van der Waals surface area (Å²) in [6, 6.07) is 0.351. The van der Waals surface area contributed by atoms with Crippen LogP contribution in [0.25, 0.3) is 0 Å². The van der Waals surface area contributed by atoms with E-state index in [1.54, 1.807) is 0 Å². The van der Waals surface area contributed by atoms with Crippen LogP contribution in [0.4, 0.5) is 13.2 Å². The van der Waals surface area contributed by atoms with Gasteiger partial charge in [-0.3, -0.25) is 4.90 Å². The molecule has 0 aromatic carbocycles. The third kappa shape index (κ3) is 8.76. The predicted octanol–water partition coefficient (Wildman–Crippen LogP) is 2.67. The Morgan fingerprint density at radius 1 is 1.25 bits per heavy atom. The lowest BCUT2D eigenvalue weighted by Gasteiger charge is -2.32. The minimum atomic E-state index is -4.08. The van der Waals surface area contributed by atoms with E-state index in [1.807, 2.05) is 0 Å². The summed E-state index contributed by atoms with van der Waals surface area (Å²) < 4.78 is 42.2. The summed E-state index contributed by atoms with van der Waals surface area (Å²) in [6.45, 7) is 6.93. The van der Waals surface area contributed by atoms with E-state index in [1.165, 1.54) is 4.90 Å². The minimum Gasteiger partial charge on any atom is -0.381 e. The van der Waals surface area contributed by atoms with Crippen molar-refractivity contribution in [2.45, 2.75) is 45.3 Å². The minimum absolute atomic E-state index is 0.351. The molecular formula is C14H27F3N2O. The molecule has 1 heterocycles. The van der Waals surface area contributed by atoms with Gasteiger partial charge in [0.1, 0.15) is 0 Å². The summed E-state index contributed by atoms with van der Waals surface area (Å²) in [5.74, 6) is 0.556. The molecule has 0 aromatic heterocycles. The zero-order chi connectivity index (χ0) is 15.0. The average Bonchev–Trinajstić information content (AvgIpc) is 2.33. The van der Waals surface area contributed by atoms with Crippen LogP contribution in [0.1, 0.15) is 33.1 Å². The van der Waals surface area contributed by atoms with E-state index >= 15 is 0 Å². The molecule has 0 atom stereocenters. The SMILES string of the molecule is CC(C)COCCCNC1CCN(CC(F)(F)F)CC1. The summed E-state index contributed by atoms with van der Waals surface area (Å²) in [4.78, 5) is 1.49. The molecule has 1 fully saturated rings. The van der Waals surface area contributed by atoms with Crippen LogP contribution in [-0.2, 0) is 4.74 Å². The van der Waals surface area contributed by atoms with Gasteiger partial charge in [0.25, 0.3) is 0 Å². The Labute approximate surface area is 119 Å². The lowest BCUT2D eigenvalue weighted by atomic mass is 10.1. The van der Waals surface area contributed by atoms with Crippen molar-refractivity contribution in [1.82, 2.24) is 10.2 Å². The fourth-order valence-corrected chi connectivity index (χ4v) is 2.35. The van der Waals surface area contributed by atoms with E-state index in [0.717, 1.165) is 39.0 Å². The second-order valence-electron chi connectivity index (χ2n) is 5.94. The van der Waals surface area contributed by atoms with Gasteiger partial charge < -0.3 is 10.1 Å². The molecule has 3 nitrogen and oxygen atoms in total. The fourth-order valence-electron chi connectivity index (χ4n) is 2.35. The van der Waals surface area contributed by atoms with Crippen molar-refractivity contribution >= 4 is 0 Å². The third-order valence-electron chi connectivity index (χ3n) is 3.34. The lowest BCUT2D eigenvalue weighted by molar-refractivity contribution is -0.148. The fraction of sp³-hybridized carbons (Fsp3) is 1.00. The van der Waals surface area contributed by atoms with Crippen LogP contribution in [0.3, 0.4) is 0 Å². The molecule has 6 heteroatoms. The first kappa shape index (κ1) is 17.7. The maximum absolute atomic E-state index is 12.2. The number of likely N-dealkylation sites (tertiary alicyclic amines) is 1. The van der Waals surface area contributed by atoms with E-state index in [-0.39, 0.29) is 0 Å². The number of nitrogens with one attached hydrogen (secondary N) is 1. The van der Waals surface area contributed by atoms with Crippen LogP contribution in [0.2, 0.25) is 0 Å². The topological polar surface area (TPSA) is 24.5 Å². The summed E-state index contributed by atoms with van der Waals surface area (Å²) in [5, 5.41) is 3.41. The van der Waals surface area contributed by atoms with Crippen LogP contribution >= 0.6 is 0 Å². The summed E-state index contributed by atoms with van der Waals surface area (Å²) in [6.07, 6.45) is -1.53. The Balaban J connectivity index is 2.00. The van der Waals surface area contributed by atoms with E-state index in [9.17, 15) is 13.2 Å². The van der Waals surface area contributed by atoms with Crippen molar-refractivity contribution in [1.29, 1.82) is 0 Å². The Morgan fingerprint density at radius 3 is 2.45 bits per heavy atom. The molecule has 0 radical (unpaired) electrons. The van der Waals surface area contributed by atoms with Gasteiger partial charge >= 0.3 is 6.18 Å². The quantitative estimate of drug-likeness (QED) is 0.697. The molecule has 0 aromatic rings. The number of ether oxygens (including phenoxy) is 1. The Morgan fingerprint density at radius 2 is 1.90 bits per heavy atom. The van der Waals surface area contributed by atoms with Crippen LogP contribution in [0.15, 0.2) is 0 Å². The molecule has 0 bridgehead atoms. The van der Waals surface area contributed by atoms with E-state index in [0.29, 0.717) is 25.0 Å². The number of halogens is 3. The molecule has 1 N–H and O–H groups in total. The zero-order valence-electron chi connectivity index (χ0n) is 12.5. The van der Waals surface area contributed by atoms with Crippen LogP contribution in [-0.4, -0.2) is 56.5 Å². The summed E-state index contributed by atoms with van der Waals surface area (Å²) >= 11 is 0. The van der Waals surface area contributed by atoms with E-state index < -0.39 is 12.7 Å². The van der Waals surface area contributed by atoms with Crippen molar-refractivity contribution < 1.29 is 17.9 Å². The summed E-state index contributed by atoms with van der Waals surface area (Å²) in [5.41, 5.74) is 0. The molecule has 1 rings (SSSR count). The van der Waals surface area contributed by atoms with Crippen molar-refractivity contribution in [2.24, 2.45) is 5.92 Å². The number of nitrogens with zero attached hydrogens (tertiary/aromatic N) is 1. The maximum Gasteiger partial charge on any atom is 0.401 e. The molecule has 0 spiro atoms. The van der Waals surface area contributed by atoms with Gasteiger partial charge in [-0.25, -0.2) is 0 Å². The van der Waals surface area contributed by atoms with Gasteiger partial charge in [-0.2, -0.15) is 13.2 Å². The Hall–Kier alpha value is -0.330. The monoisotopic (exact) mass is 296 g/mol. The number of rotatable bonds is 8. The molecule has 0 unspecified atom stereocenters. The van der Waals surface area contributed by atoms with Crippen LogP contribution in [0, 0.1) is 5.92 Å². The van der Waals surface area contributed by atoms with Crippen LogP contribution in [0.5, 0.6) is 0 Å².